The highest BCUT2D eigenvalue weighted by Crippen LogP contribution is 2.41. The van der Waals surface area contributed by atoms with E-state index in [-0.39, 0.29) is 6.10 Å². The average Bonchev–Trinajstić information content (AvgIpc) is 2.80. The molecule has 0 saturated carbocycles. The minimum Gasteiger partial charge on any atom is -0.496 e. The van der Waals surface area contributed by atoms with E-state index in [1.54, 1.807) is 14.2 Å². The summed E-state index contributed by atoms with van der Waals surface area (Å²) in [5.41, 5.74) is 4.72. The highest BCUT2D eigenvalue weighted by Gasteiger charge is 2.20. The zero-order valence-corrected chi connectivity index (χ0v) is 18.4. The van der Waals surface area contributed by atoms with Crippen molar-refractivity contribution in [2.75, 3.05) is 20.0 Å². The van der Waals surface area contributed by atoms with Gasteiger partial charge in [0.05, 0.1) is 13.2 Å². The van der Waals surface area contributed by atoms with Gasteiger partial charge < -0.3 is 9.47 Å². The van der Waals surface area contributed by atoms with Gasteiger partial charge in [-0.25, -0.2) is 0 Å². The summed E-state index contributed by atoms with van der Waals surface area (Å²) in [5, 5.41) is 2.39. The Morgan fingerprint density at radius 2 is 1.53 bits per heavy atom. The van der Waals surface area contributed by atoms with Gasteiger partial charge in [0, 0.05) is 23.3 Å². The van der Waals surface area contributed by atoms with Gasteiger partial charge in [0.2, 0.25) is 0 Å². The lowest BCUT2D eigenvalue weighted by Gasteiger charge is -2.21. The monoisotopic (exact) mass is 414 g/mol. The van der Waals surface area contributed by atoms with E-state index in [0.717, 1.165) is 22.6 Å². The standard InChI is InChI=1S/C27H26O2S/c1-19-12-15-21(16-13-19)30-18-26(29-3)23-10-6-7-11-24(23)27-22-9-5-4-8-20(22)14-17-25(27)28-2/h4-17,26H,18H2,1-3H3/t26-/m0/s1. The van der Waals surface area contributed by atoms with Crippen molar-refractivity contribution in [3.63, 3.8) is 0 Å². The summed E-state index contributed by atoms with van der Waals surface area (Å²) in [6.07, 6.45) is -0.0313. The molecule has 1 atom stereocenters. The summed E-state index contributed by atoms with van der Waals surface area (Å²) in [6.45, 7) is 2.11. The molecule has 4 rings (SSSR count). The van der Waals surface area contributed by atoms with Gasteiger partial charge in [0.1, 0.15) is 5.75 Å². The number of fused-ring (bicyclic) bond motifs is 1. The van der Waals surface area contributed by atoms with Gasteiger partial charge in [0.15, 0.2) is 0 Å². The predicted octanol–water partition coefficient (Wildman–Crippen LogP) is 7.30. The molecule has 0 saturated heterocycles. The Morgan fingerprint density at radius 3 is 2.30 bits per heavy atom. The first-order valence-electron chi connectivity index (χ1n) is 10.1. The van der Waals surface area contributed by atoms with Crippen molar-refractivity contribution in [3.8, 4) is 16.9 Å². The Bertz CT molecular complexity index is 1140. The molecule has 4 aromatic rings. The van der Waals surface area contributed by atoms with Crippen molar-refractivity contribution in [2.24, 2.45) is 0 Å². The first-order chi connectivity index (χ1) is 14.7. The largest absolute Gasteiger partial charge is 0.496 e. The molecule has 0 aliphatic heterocycles. The van der Waals surface area contributed by atoms with Crippen molar-refractivity contribution >= 4 is 22.5 Å². The fraction of sp³-hybridized carbons (Fsp3) is 0.185. The summed E-state index contributed by atoms with van der Waals surface area (Å²) in [5.74, 6) is 1.71. The summed E-state index contributed by atoms with van der Waals surface area (Å²) < 4.78 is 11.7. The van der Waals surface area contributed by atoms with Crippen LogP contribution >= 0.6 is 11.8 Å². The number of hydrogen-bond donors (Lipinski definition) is 0. The molecule has 0 N–H and O–H groups in total. The van der Waals surface area contributed by atoms with Crippen LogP contribution in [-0.4, -0.2) is 20.0 Å². The molecule has 0 spiro atoms. The second-order valence-electron chi connectivity index (χ2n) is 7.30. The topological polar surface area (TPSA) is 18.5 Å². The Hall–Kier alpha value is -2.75. The molecule has 30 heavy (non-hydrogen) atoms. The molecule has 0 bridgehead atoms. The predicted molar refractivity (Wildman–Crippen MR) is 128 cm³/mol. The Morgan fingerprint density at radius 1 is 0.800 bits per heavy atom. The smallest absolute Gasteiger partial charge is 0.127 e. The fourth-order valence-corrected chi connectivity index (χ4v) is 4.78. The fourth-order valence-electron chi connectivity index (χ4n) is 3.80. The molecular formula is C27H26O2S. The Labute approximate surface area is 182 Å². The second kappa shape index (κ2) is 9.38. The van der Waals surface area contributed by atoms with E-state index >= 15 is 0 Å². The Balaban J connectivity index is 1.75. The quantitative estimate of drug-likeness (QED) is 0.296. The summed E-state index contributed by atoms with van der Waals surface area (Å²) in [7, 11) is 3.52. The number of hydrogen-bond acceptors (Lipinski definition) is 3. The molecule has 0 unspecified atom stereocenters. The van der Waals surface area contributed by atoms with Gasteiger partial charge in [-0.15, -0.1) is 11.8 Å². The maximum absolute atomic E-state index is 5.97. The van der Waals surface area contributed by atoms with Crippen LogP contribution in [0.25, 0.3) is 21.9 Å². The van der Waals surface area contributed by atoms with Gasteiger partial charge in [-0.2, -0.15) is 0 Å². The highest BCUT2D eigenvalue weighted by atomic mass is 32.2. The highest BCUT2D eigenvalue weighted by molar-refractivity contribution is 7.99. The van der Waals surface area contributed by atoms with Crippen molar-refractivity contribution in [1.82, 2.24) is 0 Å². The maximum atomic E-state index is 5.97. The number of methoxy groups -OCH3 is 2. The molecular weight excluding hydrogens is 388 g/mol. The van der Waals surface area contributed by atoms with E-state index in [4.69, 9.17) is 9.47 Å². The first-order valence-corrected chi connectivity index (χ1v) is 11.1. The van der Waals surface area contributed by atoms with Gasteiger partial charge >= 0.3 is 0 Å². The van der Waals surface area contributed by atoms with Crippen LogP contribution in [0.2, 0.25) is 0 Å². The van der Waals surface area contributed by atoms with E-state index in [1.807, 2.05) is 11.8 Å². The van der Waals surface area contributed by atoms with Gasteiger partial charge in [0.25, 0.3) is 0 Å². The molecule has 0 aromatic heterocycles. The molecule has 0 aliphatic carbocycles. The summed E-state index contributed by atoms with van der Waals surface area (Å²) >= 11 is 1.82. The molecule has 3 heteroatoms. The van der Waals surface area contributed by atoms with Crippen molar-refractivity contribution in [2.45, 2.75) is 17.9 Å². The lowest BCUT2D eigenvalue weighted by atomic mass is 9.92. The molecule has 152 valence electrons. The zero-order valence-electron chi connectivity index (χ0n) is 17.6. The molecule has 0 heterocycles. The Kier molecular flexibility index (Phi) is 6.41. The van der Waals surface area contributed by atoms with Crippen LogP contribution in [0.4, 0.5) is 0 Å². The van der Waals surface area contributed by atoms with Crippen LogP contribution in [0.5, 0.6) is 5.75 Å². The normalized spacial score (nSPS) is 12.1. The lowest BCUT2D eigenvalue weighted by Crippen LogP contribution is -2.07. The number of aryl methyl sites for hydroxylation is 1. The average molecular weight is 415 g/mol. The molecule has 0 amide bonds. The van der Waals surface area contributed by atoms with Gasteiger partial charge in [-0.1, -0.05) is 72.3 Å². The molecule has 0 fully saturated rings. The summed E-state index contributed by atoms with van der Waals surface area (Å²) in [6, 6.07) is 29.8. The van der Waals surface area contributed by atoms with E-state index in [2.05, 4.69) is 91.9 Å². The van der Waals surface area contributed by atoms with Crippen LogP contribution in [0.15, 0.2) is 89.8 Å². The number of ether oxygens (including phenoxy) is 2. The molecule has 4 aromatic carbocycles. The van der Waals surface area contributed by atoms with Crippen LogP contribution in [-0.2, 0) is 4.74 Å². The second-order valence-corrected chi connectivity index (χ2v) is 8.39. The van der Waals surface area contributed by atoms with Crippen molar-refractivity contribution < 1.29 is 9.47 Å². The number of benzene rings is 4. The van der Waals surface area contributed by atoms with E-state index in [0.29, 0.717) is 0 Å². The number of rotatable bonds is 7. The maximum Gasteiger partial charge on any atom is 0.127 e. The SMILES string of the molecule is COc1ccc2ccccc2c1-c1ccccc1[C@H](CSc1ccc(C)cc1)OC. The molecule has 0 radical (unpaired) electrons. The van der Waals surface area contributed by atoms with Gasteiger partial charge in [-0.05, 0) is 47.0 Å². The van der Waals surface area contributed by atoms with E-state index in [1.165, 1.54) is 26.8 Å². The van der Waals surface area contributed by atoms with Crippen LogP contribution in [0.1, 0.15) is 17.2 Å². The van der Waals surface area contributed by atoms with Crippen LogP contribution in [0, 0.1) is 6.92 Å². The van der Waals surface area contributed by atoms with Crippen LogP contribution < -0.4 is 4.74 Å². The first kappa shape index (κ1) is 20.5. The van der Waals surface area contributed by atoms with Gasteiger partial charge in [-0.3, -0.25) is 0 Å². The summed E-state index contributed by atoms with van der Waals surface area (Å²) in [4.78, 5) is 1.25. The molecule has 0 aliphatic rings. The van der Waals surface area contributed by atoms with Crippen molar-refractivity contribution in [3.05, 3.63) is 96.1 Å². The molecule has 2 nitrogen and oxygen atoms in total. The third-order valence-electron chi connectivity index (χ3n) is 5.39. The minimum absolute atomic E-state index is 0.0313. The third-order valence-corrected chi connectivity index (χ3v) is 6.47. The van der Waals surface area contributed by atoms with Crippen molar-refractivity contribution in [1.29, 1.82) is 0 Å². The third kappa shape index (κ3) is 4.23. The van der Waals surface area contributed by atoms with E-state index < -0.39 is 0 Å². The van der Waals surface area contributed by atoms with E-state index in [9.17, 15) is 0 Å². The minimum atomic E-state index is -0.0313. The zero-order chi connectivity index (χ0) is 20.9. The lowest BCUT2D eigenvalue weighted by molar-refractivity contribution is 0.124. The van der Waals surface area contributed by atoms with Crippen LogP contribution in [0.3, 0.4) is 0 Å². The number of thioether (sulfide) groups is 1.